The molecule has 2 atom stereocenters. The molecule has 11 heteroatoms. The van der Waals surface area contributed by atoms with Crippen LogP contribution in [0.4, 0.5) is 17.3 Å². The first-order valence-electron chi connectivity index (χ1n) is 9.94. The number of nitrogens with zero attached hydrogens (tertiary/aromatic N) is 4. The third-order valence-corrected chi connectivity index (χ3v) is 7.96. The van der Waals surface area contributed by atoms with Gasteiger partial charge in [-0.1, -0.05) is 6.07 Å². The van der Waals surface area contributed by atoms with Crippen molar-refractivity contribution in [3.05, 3.63) is 35.2 Å². The molecule has 1 amide bonds. The molecule has 0 spiro atoms. The van der Waals surface area contributed by atoms with E-state index in [2.05, 4.69) is 4.98 Å². The van der Waals surface area contributed by atoms with E-state index >= 15 is 0 Å². The normalized spacial score (nSPS) is 24.8. The number of benzene rings is 1. The molecule has 10 nitrogen and oxygen atoms in total. The predicted molar refractivity (Wildman–Crippen MR) is 117 cm³/mol. The minimum Gasteiger partial charge on any atom is -0.508 e. The zero-order chi connectivity index (χ0) is 22.7. The van der Waals surface area contributed by atoms with Crippen molar-refractivity contribution in [1.82, 2.24) is 9.97 Å². The van der Waals surface area contributed by atoms with Crippen molar-refractivity contribution in [1.29, 1.82) is 0 Å². The van der Waals surface area contributed by atoms with Crippen molar-refractivity contribution in [3.8, 4) is 5.75 Å². The Morgan fingerprint density at radius 2 is 1.90 bits per heavy atom. The van der Waals surface area contributed by atoms with E-state index in [4.69, 9.17) is 16.5 Å². The summed E-state index contributed by atoms with van der Waals surface area (Å²) in [6.45, 7) is 5.86. The molecule has 0 radical (unpaired) electrons. The molecule has 2 unspecified atom stereocenters. The van der Waals surface area contributed by atoms with Gasteiger partial charge in [0.05, 0.1) is 23.4 Å². The van der Waals surface area contributed by atoms with Gasteiger partial charge in [0, 0.05) is 18.7 Å². The van der Waals surface area contributed by atoms with E-state index in [9.17, 15) is 18.3 Å². The van der Waals surface area contributed by atoms with E-state index in [1.165, 1.54) is 0 Å². The quantitative estimate of drug-likeness (QED) is 0.600. The van der Waals surface area contributed by atoms with Gasteiger partial charge in [0.15, 0.2) is 15.7 Å². The first-order chi connectivity index (χ1) is 14.5. The second-order valence-electron chi connectivity index (χ2n) is 8.30. The molecular formula is C20H26N6O4S. The van der Waals surface area contributed by atoms with E-state index in [-0.39, 0.29) is 17.3 Å². The third kappa shape index (κ3) is 3.19. The Bertz CT molecular complexity index is 1170. The monoisotopic (exact) mass is 446 g/mol. The van der Waals surface area contributed by atoms with E-state index in [0.717, 1.165) is 5.56 Å². The number of sulfone groups is 1. The number of carbonyl (C=O) groups excluding carboxylic acids is 1. The van der Waals surface area contributed by atoms with Gasteiger partial charge in [-0.25, -0.2) is 18.4 Å². The minimum atomic E-state index is -3.05. The molecule has 31 heavy (non-hydrogen) atoms. The number of phenols is 1. The standard InChI is InChI=1S/C20H26N6O4S/c1-11-4-5-13(27)12(2)15(11)26-17-16(20(3,18(26)21)19(22)28)24-14(10-23-17)25-6-8-31(29,30)9-7-25/h4-5,10,18,27H,6-9,21H2,1-3H3,(H2,22,28). The van der Waals surface area contributed by atoms with Crippen molar-refractivity contribution in [3.63, 3.8) is 0 Å². The van der Waals surface area contributed by atoms with Crippen LogP contribution in [-0.4, -0.2) is 60.2 Å². The number of aryl methyl sites for hydroxylation is 1. The first-order valence-corrected chi connectivity index (χ1v) is 11.8. The van der Waals surface area contributed by atoms with E-state index in [1.807, 2.05) is 11.8 Å². The average molecular weight is 447 g/mol. The second-order valence-corrected chi connectivity index (χ2v) is 10.6. The summed E-state index contributed by atoms with van der Waals surface area (Å²) in [6, 6.07) is 3.36. The molecule has 2 aromatic rings. The fourth-order valence-electron chi connectivity index (χ4n) is 4.23. The molecule has 2 aliphatic heterocycles. The van der Waals surface area contributed by atoms with Gasteiger partial charge < -0.3 is 26.4 Å². The Balaban J connectivity index is 1.86. The van der Waals surface area contributed by atoms with Crippen molar-refractivity contribution < 1.29 is 18.3 Å². The number of rotatable bonds is 3. The summed E-state index contributed by atoms with van der Waals surface area (Å²) in [5.41, 5.74) is 13.4. The number of carbonyl (C=O) groups is 1. The van der Waals surface area contributed by atoms with Crippen LogP contribution in [-0.2, 0) is 20.0 Å². The van der Waals surface area contributed by atoms with Crippen LogP contribution in [0.3, 0.4) is 0 Å². The Labute approximate surface area is 180 Å². The van der Waals surface area contributed by atoms with Crippen molar-refractivity contribution in [2.45, 2.75) is 32.4 Å². The molecule has 4 rings (SSSR count). The van der Waals surface area contributed by atoms with Crippen LogP contribution >= 0.6 is 0 Å². The predicted octanol–water partition coefficient (Wildman–Crippen LogP) is 0.213. The summed E-state index contributed by atoms with van der Waals surface area (Å²) in [6.07, 6.45) is 0.660. The minimum absolute atomic E-state index is 0.0339. The lowest BCUT2D eigenvalue weighted by Gasteiger charge is -2.32. The summed E-state index contributed by atoms with van der Waals surface area (Å²) in [4.78, 5) is 25.4. The van der Waals surface area contributed by atoms with Gasteiger partial charge in [-0.2, -0.15) is 0 Å². The Kier molecular flexibility index (Phi) is 4.85. The SMILES string of the molecule is Cc1ccc(O)c(C)c1N1c2ncc(N3CCS(=O)(=O)CC3)nc2C(C)(C(N)=O)C1N. The zero-order valence-electron chi connectivity index (χ0n) is 17.7. The molecule has 166 valence electrons. The number of hydrogen-bond donors (Lipinski definition) is 3. The van der Waals surface area contributed by atoms with E-state index in [1.54, 1.807) is 37.1 Å². The zero-order valence-corrected chi connectivity index (χ0v) is 18.5. The van der Waals surface area contributed by atoms with Crippen molar-refractivity contribution in [2.75, 3.05) is 34.4 Å². The lowest BCUT2D eigenvalue weighted by atomic mass is 9.85. The summed E-state index contributed by atoms with van der Waals surface area (Å²) >= 11 is 0. The maximum atomic E-state index is 12.6. The smallest absolute Gasteiger partial charge is 0.233 e. The van der Waals surface area contributed by atoms with Gasteiger partial charge in [0.25, 0.3) is 0 Å². The van der Waals surface area contributed by atoms with Gasteiger partial charge in [-0.05, 0) is 32.4 Å². The summed E-state index contributed by atoms with van der Waals surface area (Å²) in [5.74, 6) is 0.379. The van der Waals surface area contributed by atoms with Gasteiger partial charge in [0.1, 0.15) is 28.8 Å². The summed E-state index contributed by atoms with van der Waals surface area (Å²) < 4.78 is 23.5. The average Bonchev–Trinajstić information content (AvgIpc) is 2.94. The highest BCUT2D eigenvalue weighted by molar-refractivity contribution is 7.91. The van der Waals surface area contributed by atoms with Gasteiger partial charge in [-0.3, -0.25) is 4.79 Å². The highest BCUT2D eigenvalue weighted by Crippen LogP contribution is 2.48. The number of amides is 1. The molecule has 0 bridgehead atoms. The van der Waals surface area contributed by atoms with E-state index in [0.29, 0.717) is 41.7 Å². The topological polar surface area (TPSA) is 156 Å². The highest BCUT2D eigenvalue weighted by Gasteiger charge is 2.54. The van der Waals surface area contributed by atoms with E-state index < -0.39 is 27.3 Å². The van der Waals surface area contributed by atoms with Crippen LogP contribution < -0.4 is 21.3 Å². The maximum Gasteiger partial charge on any atom is 0.233 e. The van der Waals surface area contributed by atoms with Crippen LogP contribution in [0, 0.1) is 13.8 Å². The molecule has 5 N–H and O–H groups in total. The van der Waals surface area contributed by atoms with Gasteiger partial charge >= 0.3 is 0 Å². The molecular weight excluding hydrogens is 420 g/mol. The number of anilines is 3. The number of aromatic nitrogens is 2. The lowest BCUT2D eigenvalue weighted by Crippen LogP contribution is -2.55. The van der Waals surface area contributed by atoms with Crippen molar-refractivity contribution in [2.24, 2.45) is 11.5 Å². The molecule has 2 aliphatic rings. The van der Waals surface area contributed by atoms with Crippen LogP contribution in [0.5, 0.6) is 5.75 Å². The number of phenolic OH excluding ortho intramolecular Hbond substituents is 1. The molecule has 0 aliphatic carbocycles. The van der Waals surface area contributed by atoms with Crippen LogP contribution in [0.15, 0.2) is 18.3 Å². The third-order valence-electron chi connectivity index (χ3n) is 6.36. The number of aromatic hydroxyl groups is 1. The fourth-order valence-corrected chi connectivity index (χ4v) is 5.43. The Hall–Kier alpha value is -2.92. The van der Waals surface area contributed by atoms with Gasteiger partial charge in [0.2, 0.25) is 5.91 Å². The first kappa shape index (κ1) is 21.3. The van der Waals surface area contributed by atoms with Crippen LogP contribution in [0.25, 0.3) is 0 Å². The number of nitrogens with two attached hydrogens (primary N) is 2. The molecule has 1 aromatic heterocycles. The molecule has 1 fully saturated rings. The molecule has 1 saturated heterocycles. The number of fused-ring (bicyclic) bond motifs is 1. The Morgan fingerprint density at radius 3 is 2.52 bits per heavy atom. The number of primary amides is 1. The molecule has 1 aromatic carbocycles. The van der Waals surface area contributed by atoms with Gasteiger partial charge in [-0.15, -0.1) is 0 Å². The van der Waals surface area contributed by atoms with Crippen molar-refractivity contribution >= 4 is 33.1 Å². The largest absolute Gasteiger partial charge is 0.508 e. The van der Waals surface area contributed by atoms with Crippen LogP contribution in [0.1, 0.15) is 23.7 Å². The van der Waals surface area contributed by atoms with Crippen LogP contribution in [0.2, 0.25) is 0 Å². The summed E-state index contributed by atoms with van der Waals surface area (Å²) in [7, 11) is -3.05. The Morgan fingerprint density at radius 1 is 1.26 bits per heavy atom. The molecule has 0 saturated carbocycles. The second kappa shape index (κ2) is 7.06. The summed E-state index contributed by atoms with van der Waals surface area (Å²) in [5, 5.41) is 10.3. The highest BCUT2D eigenvalue weighted by atomic mass is 32.2. The lowest BCUT2D eigenvalue weighted by molar-refractivity contribution is -0.123. The fraction of sp³-hybridized carbons (Fsp3) is 0.450. The molecule has 3 heterocycles. The maximum absolute atomic E-state index is 12.6. The number of hydrogen-bond acceptors (Lipinski definition) is 9.